The lowest BCUT2D eigenvalue weighted by molar-refractivity contribution is 0.308. The predicted molar refractivity (Wildman–Crippen MR) is 86.7 cm³/mol. The smallest absolute Gasteiger partial charge is 0.259 e. The number of nitrogens with zero attached hydrogens (tertiary/aromatic N) is 1. The molecule has 113 valence electrons. The van der Waals surface area contributed by atoms with Gasteiger partial charge in [-0.15, -0.1) is 0 Å². The minimum Gasteiger partial charge on any atom is -0.491 e. The Kier molecular flexibility index (Phi) is 4.89. The van der Waals surface area contributed by atoms with Crippen LogP contribution in [0.2, 0.25) is 0 Å². The summed E-state index contributed by atoms with van der Waals surface area (Å²) >= 11 is 0. The molecule has 0 saturated carbocycles. The molecule has 0 aliphatic carbocycles. The fraction of sp³-hybridized carbons (Fsp3) is 0.471. The SMILES string of the molecule is CCCCOc1[c]n(CC(C)C)c(=O)c2ccc(N)cc12. The molecule has 2 N–H and O–H groups in total. The van der Waals surface area contributed by atoms with Crippen molar-refractivity contribution in [3.63, 3.8) is 0 Å². The number of aromatic nitrogens is 1. The monoisotopic (exact) mass is 287 g/mol. The van der Waals surface area contributed by atoms with E-state index in [0.29, 0.717) is 35.9 Å². The van der Waals surface area contributed by atoms with Gasteiger partial charge in [-0.25, -0.2) is 0 Å². The quantitative estimate of drug-likeness (QED) is 0.655. The fourth-order valence-corrected chi connectivity index (χ4v) is 2.24. The van der Waals surface area contributed by atoms with Gasteiger partial charge in [-0.2, -0.15) is 0 Å². The number of ether oxygens (including phenoxy) is 1. The maximum atomic E-state index is 12.5. The molecular formula is C17H23N2O2. The lowest BCUT2D eigenvalue weighted by Crippen LogP contribution is -2.23. The second-order valence-corrected chi connectivity index (χ2v) is 5.76. The van der Waals surface area contributed by atoms with Crippen molar-refractivity contribution in [2.45, 2.75) is 40.2 Å². The highest BCUT2D eigenvalue weighted by molar-refractivity contribution is 5.89. The Bertz CT molecular complexity index is 674. The summed E-state index contributed by atoms with van der Waals surface area (Å²) in [7, 11) is 0. The summed E-state index contributed by atoms with van der Waals surface area (Å²) in [6.07, 6.45) is 5.13. The Morgan fingerprint density at radius 2 is 2.10 bits per heavy atom. The second kappa shape index (κ2) is 6.66. The zero-order valence-corrected chi connectivity index (χ0v) is 13.0. The number of hydrogen-bond donors (Lipinski definition) is 1. The number of nitrogen functional groups attached to an aromatic ring is 1. The number of benzene rings is 1. The zero-order chi connectivity index (χ0) is 15.4. The van der Waals surface area contributed by atoms with E-state index in [1.54, 1.807) is 22.8 Å². The molecule has 0 fully saturated rings. The highest BCUT2D eigenvalue weighted by atomic mass is 16.5. The Balaban J connectivity index is 2.54. The summed E-state index contributed by atoms with van der Waals surface area (Å²) in [6, 6.07) is 5.30. The molecule has 2 rings (SSSR count). The Labute approximate surface area is 125 Å². The summed E-state index contributed by atoms with van der Waals surface area (Å²) < 4.78 is 7.44. The first kappa shape index (κ1) is 15.4. The third-order valence-corrected chi connectivity index (χ3v) is 3.29. The van der Waals surface area contributed by atoms with Gasteiger partial charge in [-0.05, 0) is 30.5 Å². The van der Waals surface area contributed by atoms with E-state index in [1.165, 1.54) is 0 Å². The number of fused-ring (bicyclic) bond motifs is 1. The third-order valence-electron chi connectivity index (χ3n) is 3.29. The highest BCUT2D eigenvalue weighted by Crippen LogP contribution is 2.25. The molecule has 0 atom stereocenters. The molecule has 4 heteroatoms. The maximum absolute atomic E-state index is 12.5. The molecule has 0 saturated heterocycles. The van der Waals surface area contributed by atoms with Crippen LogP contribution in [0.5, 0.6) is 5.75 Å². The molecule has 0 aliphatic rings. The van der Waals surface area contributed by atoms with Crippen molar-refractivity contribution in [2.24, 2.45) is 5.92 Å². The second-order valence-electron chi connectivity index (χ2n) is 5.76. The van der Waals surface area contributed by atoms with E-state index in [9.17, 15) is 4.79 Å². The van der Waals surface area contributed by atoms with Crippen LogP contribution in [0.15, 0.2) is 23.0 Å². The van der Waals surface area contributed by atoms with E-state index < -0.39 is 0 Å². The average Bonchev–Trinajstić information content (AvgIpc) is 2.43. The van der Waals surface area contributed by atoms with E-state index in [1.807, 2.05) is 0 Å². The van der Waals surface area contributed by atoms with Crippen LogP contribution >= 0.6 is 0 Å². The maximum Gasteiger partial charge on any atom is 0.259 e. The summed E-state index contributed by atoms with van der Waals surface area (Å²) in [5, 5.41) is 1.38. The number of rotatable bonds is 6. The van der Waals surface area contributed by atoms with Gasteiger partial charge in [-0.1, -0.05) is 27.2 Å². The van der Waals surface area contributed by atoms with Gasteiger partial charge in [0.2, 0.25) is 0 Å². The van der Waals surface area contributed by atoms with Crippen LogP contribution in [0, 0.1) is 12.1 Å². The molecule has 0 aliphatic heterocycles. The molecule has 1 heterocycles. The first-order valence-electron chi connectivity index (χ1n) is 7.51. The zero-order valence-electron chi connectivity index (χ0n) is 13.0. The van der Waals surface area contributed by atoms with Gasteiger partial charge >= 0.3 is 0 Å². The van der Waals surface area contributed by atoms with E-state index in [4.69, 9.17) is 10.5 Å². The van der Waals surface area contributed by atoms with Crippen LogP contribution in [-0.4, -0.2) is 11.2 Å². The van der Waals surface area contributed by atoms with Crippen LogP contribution in [0.3, 0.4) is 0 Å². The van der Waals surface area contributed by atoms with Crippen LogP contribution in [0.4, 0.5) is 5.69 Å². The summed E-state index contributed by atoms with van der Waals surface area (Å²) in [4.78, 5) is 12.5. The first-order chi connectivity index (χ1) is 10.0. The molecule has 0 unspecified atom stereocenters. The van der Waals surface area contributed by atoms with Gasteiger partial charge < -0.3 is 15.0 Å². The first-order valence-corrected chi connectivity index (χ1v) is 7.51. The van der Waals surface area contributed by atoms with Crippen molar-refractivity contribution in [1.29, 1.82) is 0 Å². The van der Waals surface area contributed by atoms with E-state index in [0.717, 1.165) is 18.2 Å². The van der Waals surface area contributed by atoms with Gasteiger partial charge in [0, 0.05) is 17.6 Å². The lowest BCUT2D eigenvalue weighted by atomic mass is 10.1. The van der Waals surface area contributed by atoms with Crippen molar-refractivity contribution in [2.75, 3.05) is 12.3 Å². The molecule has 0 amide bonds. The van der Waals surface area contributed by atoms with E-state index in [2.05, 4.69) is 27.0 Å². The molecule has 0 spiro atoms. The van der Waals surface area contributed by atoms with Crippen molar-refractivity contribution in [3.05, 3.63) is 34.7 Å². The molecule has 0 bridgehead atoms. The Hall–Kier alpha value is -1.97. The van der Waals surface area contributed by atoms with Crippen molar-refractivity contribution >= 4 is 16.5 Å². The minimum atomic E-state index is -0.0402. The molecule has 21 heavy (non-hydrogen) atoms. The van der Waals surface area contributed by atoms with E-state index in [-0.39, 0.29) is 5.56 Å². The van der Waals surface area contributed by atoms with Gasteiger partial charge in [0.05, 0.1) is 12.0 Å². The standard InChI is InChI=1S/C17H23N2O2/c1-4-5-8-21-16-11-19(10-12(2)3)17(20)14-7-6-13(18)9-15(14)16/h6-7,9,12H,4-5,8,10,18H2,1-3H3. The normalized spacial score (nSPS) is 11.2. The van der Waals surface area contributed by atoms with Crippen LogP contribution in [-0.2, 0) is 6.54 Å². The van der Waals surface area contributed by atoms with Gasteiger partial charge in [0.1, 0.15) is 6.20 Å². The Morgan fingerprint density at radius 3 is 2.76 bits per heavy atom. The van der Waals surface area contributed by atoms with Gasteiger partial charge in [0.25, 0.3) is 5.56 Å². The number of hydrogen-bond acceptors (Lipinski definition) is 3. The topological polar surface area (TPSA) is 57.2 Å². The van der Waals surface area contributed by atoms with Gasteiger partial charge in [0.15, 0.2) is 5.75 Å². The van der Waals surface area contributed by atoms with Crippen LogP contribution in [0.25, 0.3) is 10.8 Å². The predicted octanol–water partition coefficient (Wildman–Crippen LogP) is 3.22. The molecular weight excluding hydrogens is 264 g/mol. The van der Waals surface area contributed by atoms with Gasteiger partial charge in [-0.3, -0.25) is 4.79 Å². The van der Waals surface area contributed by atoms with Crippen LogP contribution in [0.1, 0.15) is 33.6 Å². The van der Waals surface area contributed by atoms with Crippen molar-refractivity contribution in [3.8, 4) is 5.75 Å². The average molecular weight is 287 g/mol. The van der Waals surface area contributed by atoms with E-state index >= 15 is 0 Å². The molecule has 2 aromatic rings. The Morgan fingerprint density at radius 1 is 1.33 bits per heavy atom. The summed E-state index contributed by atoms with van der Waals surface area (Å²) in [6.45, 7) is 7.51. The number of anilines is 1. The number of nitrogens with two attached hydrogens (primary N) is 1. The summed E-state index contributed by atoms with van der Waals surface area (Å²) in [5.74, 6) is 0.986. The highest BCUT2D eigenvalue weighted by Gasteiger charge is 2.12. The minimum absolute atomic E-state index is 0.0402. The third kappa shape index (κ3) is 3.57. The molecule has 1 radical (unpaired) electrons. The number of pyridine rings is 1. The molecule has 1 aromatic heterocycles. The fourth-order valence-electron chi connectivity index (χ4n) is 2.24. The lowest BCUT2D eigenvalue weighted by Gasteiger charge is -2.14. The van der Waals surface area contributed by atoms with Crippen LogP contribution < -0.4 is 16.0 Å². The largest absolute Gasteiger partial charge is 0.491 e. The van der Waals surface area contributed by atoms with Crippen molar-refractivity contribution < 1.29 is 4.74 Å². The number of unbranched alkanes of at least 4 members (excludes halogenated alkanes) is 1. The molecule has 4 nitrogen and oxygen atoms in total. The summed E-state index contributed by atoms with van der Waals surface area (Å²) in [5.41, 5.74) is 6.42. The molecule has 1 aromatic carbocycles. The van der Waals surface area contributed by atoms with Crippen molar-refractivity contribution in [1.82, 2.24) is 4.57 Å².